The van der Waals surface area contributed by atoms with E-state index in [4.69, 9.17) is 19.9 Å². The summed E-state index contributed by atoms with van der Waals surface area (Å²) < 4.78 is 15.7. The zero-order chi connectivity index (χ0) is 18.6. The van der Waals surface area contributed by atoms with Crippen LogP contribution in [-0.4, -0.2) is 55.9 Å². The van der Waals surface area contributed by atoms with Gasteiger partial charge in [-0.1, -0.05) is 0 Å². The summed E-state index contributed by atoms with van der Waals surface area (Å²) in [7, 11) is 3.15. The molecule has 0 atom stereocenters. The number of methoxy groups -OCH3 is 2. The van der Waals surface area contributed by atoms with Gasteiger partial charge in [0.2, 0.25) is 0 Å². The molecule has 1 saturated heterocycles. The molecule has 0 spiro atoms. The summed E-state index contributed by atoms with van der Waals surface area (Å²) in [5.74, 6) is 1.51. The highest BCUT2D eigenvalue weighted by atomic mass is 127. The normalized spacial score (nSPS) is 14.8. The molecule has 1 aromatic rings. The Kier molecular flexibility index (Phi) is 7.79. The van der Waals surface area contributed by atoms with Gasteiger partial charge in [0.15, 0.2) is 17.5 Å². The molecule has 1 amide bonds. The molecule has 0 bridgehead atoms. The molecular weight excluding hydrogens is 451 g/mol. The van der Waals surface area contributed by atoms with Crippen LogP contribution >= 0.6 is 24.0 Å². The Balaban J connectivity index is 0.00000338. The number of benzene rings is 1. The summed E-state index contributed by atoms with van der Waals surface area (Å²) in [4.78, 5) is 17.8. The van der Waals surface area contributed by atoms with Gasteiger partial charge >= 0.3 is 6.09 Å². The molecule has 0 aromatic heterocycles. The fourth-order valence-electron chi connectivity index (χ4n) is 2.30. The molecule has 9 heteroatoms. The van der Waals surface area contributed by atoms with Crippen molar-refractivity contribution < 1.29 is 19.0 Å². The van der Waals surface area contributed by atoms with Crippen molar-refractivity contribution in [1.29, 1.82) is 0 Å². The van der Waals surface area contributed by atoms with Gasteiger partial charge in [-0.05, 0) is 32.9 Å². The van der Waals surface area contributed by atoms with Crippen LogP contribution in [-0.2, 0) is 4.74 Å². The van der Waals surface area contributed by atoms with Crippen LogP contribution in [0, 0.1) is 0 Å². The second-order valence-corrected chi connectivity index (χ2v) is 6.75. The van der Waals surface area contributed by atoms with Crippen molar-refractivity contribution in [2.75, 3.05) is 32.6 Å². The molecule has 0 aliphatic carbocycles. The fraction of sp³-hybridized carbons (Fsp3) is 0.529. The number of nitrogens with zero attached hydrogens (tertiary/aromatic N) is 2. The van der Waals surface area contributed by atoms with Crippen LogP contribution in [0.3, 0.4) is 0 Å². The molecule has 3 N–H and O–H groups in total. The Morgan fingerprint density at radius 1 is 1.23 bits per heavy atom. The average molecular weight is 478 g/mol. The minimum absolute atomic E-state index is 0. The lowest BCUT2D eigenvalue weighted by molar-refractivity contribution is 0.00904. The van der Waals surface area contributed by atoms with E-state index in [1.807, 2.05) is 26.8 Å². The van der Waals surface area contributed by atoms with E-state index in [1.165, 1.54) is 0 Å². The number of nitrogens with one attached hydrogen (secondary N) is 1. The highest BCUT2D eigenvalue weighted by molar-refractivity contribution is 14.0. The van der Waals surface area contributed by atoms with Crippen LogP contribution in [0.5, 0.6) is 11.5 Å². The maximum atomic E-state index is 11.9. The molecule has 1 aliphatic heterocycles. The summed E-state index contributed by atoms with van der Waals surface area (Å²) >= 11 is 0. The Labute approximate surface area is 171 Å². The maximum absolute atomic E-state index is 11.9. The highest BCUT2D eigenvalue weighted by Gasteiger charge is 2.33. The largest absolute Gasteiger partial charge is 0.493 e. The van der Waals surface area contributed by atoms with E-state index in [2.05, 4.69) is 10.3 Å². The third-order valence-electron chi connectivity index (χ3n) is 3.49. The molecule has 146 valence electrons. The minimum atomic E-state index is -0.501. The van der Waals surface area contributed by atoms with Gasteiger partial charge in [-0.2, -0.15) is 0 Å². The van der Waals surface area contributed by atoms with Crippen molar-refractivity contribution in [3.8, 4) is 11.5 Å². The van der Waals surface area contributed by atoms with E-state index in [0.29, 0.717) is 24.6 Å². The molecule has 2 rings (SSSR count). The van der Waals surface area contributed by atoms with E-state index >= 15 is 0 Å². The van der Waals surface area contributed by atoms with Crippen LogP contribution in [0.1, 0.15) is 20.8 Å². The number of hydrogen-bond acceptors (Lipinski definition) is 5. The quantitative estimate of drug-likeness (QED) is 0.393. The lowest BCUT2D eigenvalue weighted by atomic mass is 10.1. The number of amides is 1. The van der Waals surface area contributed by atoms with E-state index in [0.717, 1.165) is 5.69 Å². The number of ether oxygens (including phenoxy) is 3. The Morgan fingerprint density at radius 3 is 2.38 bits per heavy atom. The van der Waals surface area contributed by atoms with E-state index in [-0.39, 0.29) is 42.1 Å². The van der Waals surface area contributed by atoms with Gasteiger partial charge in [0, 0.05) is 24.8 Å². The van der Waals surface area contributed by atoms with Gasteiger partial charge in [0.25, 0.3) is 0 Å². The molecule has 1 aromatic carbocycles. The van der Waals surface area contributed by atoms with Gasteiger partial charge in [-0.3, -0.25) is 0 Å². The lowest BCUT2D eigenvalue weighted by Crippen LogP contribution is -2.54. The van der Waals surface area contributed by atoms with Gasteiger partial charge in [0.05, 0.1) is 20.3 Å². The first-order valence-electron chi connectivity index (χ1n) is 8.02. The summed E-state index contributed by atoms with van der Waals surface area (Å²) in [6, 6.07) is 5.33. The van der Waals surface area contributed by atoms with Crippen molar-refractivity contribution in [2.45, 2.75) is 32.4 Å². The van der Waals surface area contributed by atoms with Crippen molar-refractivity contribution in [3.05, 3.63) is 18.2 Å². The molecule has 1 heterocycles. The summed E-state index contributed by atoms with van der Waals surface area (Å²) in [5, 5.41) is 3.01. The topological polar surface area (TPSA) is 98.4 Å². The average Bonchev–Trinajstić information content (AvgIpc) is 2.48. The van der Waals surface area contributed by atoms with E-state index in [9.17, 15) is 4.79 Å². The van der Waals surface area contributed by atoms with Gasteiger partial charge in [-0.25, -0.2) is 9.79 Å². The first kappa shape index (κ1) is 22.1. The van der Waals surface area contributed by atoms with Crippen LogP contribution in [0.4, 0.5) is 10.5 Å². The zero-order valence-electron chi connectivity index (χ0n) is 15.7. The maximum Gasteiger partial charge on any atom is 0.410 e. The number of nitrogens with two attached hydrogens (primary N) is 1. The third-order valence-corrected chi connectivity index (χ3v) is 3.49. The van der Waals surface area contributed by atoms with Crippen LogP contribution in [0.15, 0.2) is 23.2 Å². The molecule has 1 fully saturated rings. The van der Waals surface area contributed by atoms with Crippen molar-refractivity contribution >= 4 is 41.7 Å². The number of aliphatic imine (C=N–C) groups is 1. The number of rotatable bonds is 4. The monoisotopic (exact) mass is 478 g/mol. The highest BCUT2D eigenvalue weighted by Crippen LogP contribution is 2.29. The van der Waals surface area contributed by atoms with Crippen LogP contribution in [0.2, 0.25) is 0 Å². The summed E-state index contributed by atoms with van der Waals surface area (Å²) in [6.45, 7) is 6.49. The number of likely N-dealkylation sites (tertiary alicyclic amines) is 1. The SMILES string of the molecule is COc1ccc(NC(N)=NC2CN(C(=O)OC(C)(C)C)C2)cc1OC.I. The van der Waals surface area contributed by atoms with Crippen molar-refractivity contribution in [2.24, 2.45) is 10.7 Å². The Bertz CT molecular complexity index is 655. The molecule has 1 aliphatic rings. The minimum Gasteiger partial charge on any atom is -0.493 e. The molecule has 0 saturated carbocycles. The molecule has 0 unspecified atom stereocenters. The molecule has 8 nitrogen and oxygen atoms in total. The number of guanidine groups is 1. The van der Waals surface area contributed by atoms with Gasteiger partial charge in [0.1, 0.15) is 5.60 Å². The summed E-state index contributed by atoms with van der Waals surface area (Å²) in [5.41, 5.74) is 6.17. The Hall–Kier alpha value is -1.91. The predicted molar refractivity (Wildman–Crippen MR) is 112 cm³/mol. The Morgan fingerprint density at radius 2 is 1.85 bits per heavy atom. The zero-order valence-corrected chi connectivity index (χ0v) is 18.1. The van der Waals surface area contributed by atoms with E-state index < -0.39 is 5.60 Å². The van der Waals surface area contributed by atoms with Crippen LogP contribution < -0.4 is 20.5 Å². The first-order valence-corrected chi connectivity index (χ1v) is 8.02. The van der Waals surface area contributed by atoms with Gasteiger partial charge < -0.3 is 30.2 Å². The second-order valence-electron chi connectivity index (χ2n) is 6.75. The molecule has 0 radical (unpaired) electrons. The standard InChI is InChI=1S/C17H26N4O4.HI/c1-17(2,3)25-16(22)21-9-12(10-21)20-15(18)19-11-6-7-13(23-4)14(8-11)24-5;/h6-8,12H,9-10H2,1-5H3,(H3,18,19,20);1H. The molecule has 26 heavy (non-hydrogen) atoms. The predicted octanol–water partition coefficient (Wildman–Crippen LogP) is 2.67. The number of carbonyl (C=O) groups is 1. The number of carbonyl (C=O) groups excluding carboxylic acids is 1. The fourth-order valence-corrected chi connectivity index (χ4v) is 2.30. The lowest BCUT2D eigenvalue weighted by Gasteiger charge is -2.37. The van der Waals surface area contributed by atoms with Gasteiger partial charge in [-0.15, -0.1) is 24.0 Å². The summed E-state index contributed by atoms with van der Waals surface area (Å²) in [6.07, 6.45) is -0.328. The number of anilines is 1. The van der Waals surface area contributed by atoms with Crippen LogP contribution in [0.25, 0.3) is 0 Å². The second kappa shape index (κ2) is 9.15. The van der Waals surface area contributed by atoms with Crippen molar-refractivity contribution in [1.82, 2.24) is 4.90 Å². The number of hydrogen-bond donors (Lipinski definition) is 2. The molecular formula is C17H27IN4O4. The third kappa shape index (κ3) is 6.11. The number of halogens is 1. The smallest absolute Gasteiger partial charge is 0.410 e. The first-order chi connectivity index (χ1) is 11.7. The van der Waals surface area contributed by atoms with Crippen molar-refractivity contribution in [3.63, 3.8) is 0 Å². The van der Waals surface area contributed by atoms with E-state index in [1.54, 1.807) is 31.3 Å².